The minimum absolute atomic E-state index is 0.0390. The molecule has 1 aromatic carbocycles. The van der Waals surface area contributed by atoms with E-state index in [9.17, 15) is 14.4 Å². The van der Waals surface area contributed by atoms with Crippen molar-refractivity contribution in [2.45, 2.75) is 20.8 Å². The second kappa shape index (κ2) is 8.89. The molecule has 0 aliphatic carbocycles. The summed E-state index contributed by atoms with van der Waals surface area (Å²) in [6, 6.07) is 5.27. The molecule has 1 aromatic rings. The van der Waals surface area contributed by atoms with Crippen molar-refractivity contribution in [2.75, 3.05) is 32.0 Å². The highest BCUT2D eigenvalue weighted by molar-refractivity contribution is 5.95. The number of hydrogen-bond acceptors (Lipinski definition) is 3. The van der Waals surface area contributed by atoms with Crippen molar-refractivity contribution in [1.29, 1.82) is 0 Å². The van der Waals surface area contributed by atoms with Crippen molar-refractivity contribution in [3.8, 4) is 0 Å². The second-order valence-electron chi connectivity index (χ2n) is 5.53. The van der Waals surface area contributed by atoms with Crippen molar-refractivity contribution in [2.24, 2.45) is 0 Å². The molecule has 23 heavy (non-hydrogen) atoms. The lowest BCUT2D eigenvalue weighted by Gasteiger charge is -2.15. The Morgan fingerprint density at radius 3 is 2.17 bits per heavy atom. The molecule has 7 nitrogen and oxygen atoms in total. The number of para-hydroxylation sites is 1. The fraction of sp³-hybridized carbons (Fsp3) is 0.438. The minimum atomic E-state index is -0.523. The average molecular weight is 321 g/mol. The van der Waals surface area contributed by atoms with Gasteiger partial charge in [0, 0.05) is 12.2 Å². The molecule has 126 valence electrons. The summed E-state index contributed by atoms with van der Waals surface area (Å²) in [5.41, 5.74) is 2.78. The van der Waals surface area contributed by atoms with Crippen LogP contribution in [0.2, 0.25) is 0 Å². The third-order valence-electron chi connectivity index (χ3n) is 3.26. The largest absolute Gasteiger partial charge is 0.338 e. The fourth-order valence-corrected chi connectivity index (χ4v) is 2.18. The van der Waals surface area contributed by atoms with E-state index < -0.39 is 11.9 Å². The predicted molar refractivity (Wildman–Crippen MR) is 88.4 cm³/mol. The van der Waals surface area contributed by atoms with Crippen molar-refractivity contribution < 1.29 is 19.3 Å². The number of amides is 4. The van der Waals surface area contributed by atoms with Crippen LogP contribution in [0.4, 0.5) is 10.5 Å². The predicted octanol–water partition coefficient (Wildman–Crippen LogP) is -0.398. The first-order valence-electron chi connectivity index (χ1n) is 7.58. The van der Waals surface area contributed by atoms with Gasteiger partial charge in [0.1, 0.15) is 0 Å². The van der Waals surface area contributed by atoms with Crippen molar-refractivity contribution in [1.82, 2.24) is 10.6 Å². The topological polar surface area (TPSA) is 91.7 Å². The zero-order valence-corrected chi connectivity index (χ0v) is 14.1. The van der Waals surface area contributed by atoms with Crippen LogP contribution in [0.3, 0.4) is 0 Å². The van der Waals surface area contributed by atoms with E-state index in [1.807, 2.05) is 32.0 Å². The maximum Gasteiger partial charge on any atom is 0.321 e. The van der Waals surface area contributed by atoms with Crippen LogP contribution in [0.25, 0.3) is 0 Å². The van der Waals surface area contributed by atoms with E-state index >= 15 is 0 Å². The van der Waals surface area contributed by atoms with Gasteiger partial charge >= 0.3 is 6.03 Å². The molecule has 7 heteroatoms. The Morgan fingerprint density at radius 1 is 1.04 bits per heavy atom. The third-order valence-corrected chi connectivity index (χ3v) is 3.26. The lowest BCUT2D eigenvalue weighted by Crippen LogP contribution is -3.11. The van der Waals surface area contributed by atoms with E-state index in [4.69, 9.17) is 0 Å². The number of urea groups is 1. The molecular weight excluding hydrogens is 296 g/mol. The first-order chi connectivity index (χ1) is 10.8. The van der Waals surface area contributed by atoms with Gasteiger partial charge in [0.25, 0.3) is 11.8 Å². The number of likely N-dealkylation sites (N-methyl/N-ethyl adjacent to an activating group) is 1. The second-order valence-corrected chi connectivity index (χ2v) is 5.53. The Bertz CT molecular complexity index is 566. The Kier molecular flexibility index (Phi) is 7.21. The summed E-state index contributed by atoms with van der Waals surface area (Å²) in [6.07, 6.45) is 0. The number of benzene rings is 1. The van der Waals surface area contributed by atoms with Crippen molar-refractivity contribution in [3.05, 3.63) is 29.3 Å². The first kappa shape index (κ1) is 18.6. The molecule has 4 N–H and O–H groups in total. The molecule has 0 aliphatic rings. The quantitative estimate of drug-likeness (QED) is 0.575. The number of carbonyl (C=O) groups is 3. The number of carbonyl (C=O) groups excluding carboxylic acids is 3. The lowest BCUT2D eigenvalue weighted by atomic mass is 10.1. The van der Waals surface area contributed by atoms with Crippen LogP contribution in [0.5, 0.6) is 0 Å². The van der Waals surface area contributed by atoms with Gasteiger partial charge < -0.3 is 15.5 Å². The van der Waals surface area contributed by atoms with Crippen LogP contribution in [-0.4, -0.2) is 44.5 Å². The maximum atomic E-state index is 12.1. The molecule has 0 fully saturated rings. The van der Waals surface area contributed by atoms with Gasteiger partial charge in [-0.15, -0.1) is 0 Å². The van der Waals surface area contributed by atoms with Gasteiger partial charge in [-0.1, -0.05) is 18.2 Å². The maximum absolute atomic E-state index is 12.1. The Labute approximate surface area is 136 Å². The number of aryl methyl sites for hydroxylation is 2. The minimum Gasteiger partial charge on any atom is -0.338 e. The monoisotopic (exact) mass is 321 g/mol. The summed E-state index contributed by atoms with van der Waals surface area (Å²) in [7, 11) is 1.72. The van der Waals surface area contributed by atoms with Crippen LogP contribution in [-0.2, 0) is 9.59 Å². The molecule has 1 unspecified atom stereocenters. The zero-order valence-electron chi connectivity index (χ0n) is 14.1. The van der Waals surface area contributed by atoms with E-state index in [0.29, 0.717) is 11.4 Å². The van der Waals surface area contributed by atoms with Gasteiger partial charge in [0.15, 0.2) is 13.1 Å². The van der Waals surface area contributed by atoms with E-state index in [1.54, 1.807) is 14.0 Å². The number of imide groups is 1. The molecule has 0 bridgehead atoms. The van der Waals surface area contributed by atoms with Crippen LogP contribution in [0.15, 0.2) is 18.2 Å². The standard InChI is InChI=1S/C16H24N4O3/c1-5-17-16(23)19-14(22)10-20(4)9-13(21)18-15-11(2)7-6-8-12(15)3/h6-8H,5,9-10H2,1-4H3,(H,18,21)(H2,17,19,22,23)/p+1. The van der Waals surface area contributed by atoms with Crippen LogP contribution >= 0.6 is 0 Å². The van der Waals surface area contributed by atoms with Gasteiger partial charge in [-0.05, 0) is 31.9 Å². The lowest BCUT2D eigenvalue weighted by molar-refractivity contribution is -0.862. The average Bonchev–Trinajstić information content (AvgIpc) is 2.42. The van der Waals surface area contributed by atoms with Crippen LogP contribution in [0, 0.1) is 13.8 Å². The van der Waals surface area contributed by atoms with Crippen molar-refractivity contribution >= 4 is 23.5 Å². The smallest absolute Gasteiger partial charge is 0.321 e. The summed E-state index contributed by atoms with van der Waals surface area (Å²) in [5.74, 6) is -0.598. The highest BCUT2D eigenvalue weighted by Gasteiger charge is 2.16. The molecule has 0 aliphatic heterocycles. The van der Waals surface area contributed by atoms with E-state index in [1.165, 1.54) is 0 Å². The molecule has 1 rings (SSSR count). The van der Waals surface area contributed by atoms with Crippen LogP contribution in [0.1, 0.15) is 18.1 Å². The third kappa shape index (κ3) is 6.48. The number of rotatable bonds is 6. The summed E-state index contributed by atoms with van der Waals surface area (Å²) in [5, 5.41) is 7.56. The Balaban J connectivity index is 2.48. The Morgan fingerprint density at radius 2 is 1.61 bits per heavy atom. The van der Waals surface area contributed by atoms with Gasteiger partial charge in [-0.2, -0.15) is 0 Å². The fourth-order valence-electron chi connectivity index (χ4n) is 2.18. The van der Waals surface area contributed by atoms with Gasteiger partial charge in [-0.3, -0.25) is 14.9 Å². The number of hydrogen-bond donors (Lipinski definition) is 4. The highest BCUT2D eigenvalue weighted by atomic mass is 16.2. The molecule has 0 aromatic heterocycles. The van der Waals surface area contributed by atoms with Gasteiger partial charge in [0.05, 0.1) is 7.05 Å². The molecule has 4 amide bonds. The summed E-state index contributed by atoms with van der Waals surface area (Å²) in [4.78, 5) is 35.7. The highest BCUT2D eigenvalue weighted by Crippen LogP contribution is 2.18. The number of quaternary nitrogens is 1. The number of nitrogens with one attached hydrogen (secondary N) is 4. The molecule has 0 saturated heterocycles. The zero-order chi connectivity index (χ0) is 17.4. The normalized spacial score (nSPS) is 11.5. The molecule has 0 saturated carbocycles. The van der Waals surface area contributed by atoms with E-state index in [2.05, 4.69) is 16.0 Å². The van der Waals surface area contributed by atoms with Crippen molar-refractivity contribution in [3.63, 3.8) is 0 Å². The van der Waals surface area contributed by atoms with Gasteiger partial charge in [-0.25, -0.2) is 4.79 Å². The molecule has 0 radical (unpaired) electrons. The summed E-state index contributed by atoms with van der Waals surface area (Å²) in [6.45, 7) is 6.24. The molecule has 0 spiro atoms. The molecular formula is C16H25N4O3+. The van der Waals surface area contributed by atoms with Crippen LogP contribution < -0.4 is 20.9 Å². The number of anilines is 1. The summed E-state index contributed by atoms with van der Waals surface area (Å²) < 4.78 is 0. The Hall–Kier alpha value is -2.41. The SMILES string of the molecule is CCNC(=O)NC(=O)C[NH+](C)CC(=O)Nc1c(C)cccc1C. The first-order valence-corrected chi connectivity index (χ1v) is 7.58. The van der Waals surface area contributed by atoms with E-state index in [-0.39, 0.29) is 19.0 Å². The van der Waals surface area contributed by atoms with E-state index in [0.717, 1.165) is 16.8 Å². The molecule has 1 atom stereocenters. The summed E-state index contributed by atoms with van der Waals surface area (Å²) >= 11 is 0. The molecule has 0 heterocycles. The van der Waals surface area contributed by atoms with Gasteiger partial charge in [0.2, 0.25) is 0 Å².